The highest BCUT2D eigenvalue weighted by Crippen LogP contribution is 2.49. The molecule has 1 fully saturated rings. The van der Waals surface area contributed by atoms with E-state index >= 15 is 0 Å². The molecule has 4 rings (SSSR count). The number of hydrogen-bond donors (Lipinski definition) is 1. The highest BCUT2D eigenvalue weighted by atomic mass is 16.7. The van der Waals surface area contributed by atoms with Crippen molar-refractivity contribution in [2.75, 3.05) is 34.7 Å². The second kappa shape index (κ2) is 7.85. The van der Waals surface area contributed by atoms with Crippen molar-refractivity contribution in [1.29, 1.82) is 0 Å². The van der Waals surface area contributed by atoms with Crippen LogP contribution in [0, 0.1) is 11.8 Å². The minimum absolute atomic E-state index is 0.0533. The van der Waals surface area contributed by atoms with Gasteiger partial charge >= 0.3 is 5.97 Å². The Morgan fingerprint density at radius 3 is 2.30 bits per heavy atom. The summed E-state index contributed by atoms with van der Waals surface area (Å²) < 4.78 is 32.6. The zero-order valence-corrected chi connectivity index (χ0v) is 17.3. The summed E-state index contributed by atoms with van der Waals surface area (Å²) in [4.78, 5) is 12.2. The summed E-state index contributed by atoms with van der Waals surface area (Å²) in [7, 11) is 4.52. The Hall–Kier alpha value is -3.29. The lowest BCUT2D eigenvalue weighted by Gasteiger charge is -2.27. The van der Waals surface area contributed by atoms with Crippen molar-refractivity contribution < 1.29 is 38.3 Å². The van der Waals surface area contributed by atoms with E-state index in [1.54, 1.807) is 19.2 Å². The van der Waals surface area contributed by atoms with Crippen molar-refractivity contribution in [1.82, 2.24) is 0 Å². The van der Waals surface area contributed by atoms with Crippen molar-refractivity contribution in [2.45, 2.75) is 12.8 Å². The maximum atomic E-state index is 12.2. The topological polar surface area (TPSA) is 92.7 Å². The predicted octanol–water partition coefficient (Wildman–Crippen LogP) is 3.09. The number of phenolic OH excluding ortho intramolecular Hbond substituents is 1. The molecule has 0 amide bonds. The fraction of sp³-hybridized carbons (Fsp3) is 0.409. The molecule has 1 N–H and O–H groups in total. The number of carbonyl (C=O) groups is 1. The van der Waals surface area contributed by atoms with Crippen molar-refractivity contribution in [3.63, 3.8) is 0 Å². The van der Waals surface area contributed by atoms with Crippen molar-refractivity contribution in [3.05, 3.63) is 35.4 Å². The minimum Gasteiger partial charge on any atom is -0.504 e. The predicted molar refractivity (Wildman–Crippen MR) is 106 cm³/mol. The smallest absolute Gasteiger partial charge is 0.309 e. The van der Waals surface area contributed by atoms with Gasteiger partial charge in [-0.2, -0.15) is 0 Å². The van der Waals surface area contributed by atoms with Crippen LogP contribution >= 0.6 is 0 Å². The number of benzene rings is 2. The Labute approximate surface area is 174 Å². The number of hydrogen-bond acceptors (Lipinski definition) is 8. The molecule has 3 atom stereocenters. The highest BCUT2D eigenvalue weighted by molar-refractivity contribution is 5.75. The summed E-state index contributed by atoms with van der Waals surface area (Å²) in [5, 5.41) is 10.5. The average molecular weight is 416 g/mol. The van der Waals surface area contributed by atoms with E-state index in [2.05, 4.69) is 0 Å². The Morgan fingerprint density at radius 2 is 1.67 bits per heavy atom. The minimum atomic E-state index is -0.332. The zero-order chi connectivity index (χ0) is 21.4. The number of methoxy groups -OCH3 is 3. The van der Waals surface area contributed by atoms with Gasteiger partial charge in [0.15, 0.2) is 23.0 Å². The first-order chi connectivity index (χ1) is 14.5. The van der Waals surface area contributed by atoms with Gasteiger partial charge in [-0.05, 0) is 35.4 Å². The van der Waals surface area contributed by atoms with Crippen LogP contribution < -0.4 is 23.7 Å². The standard InChI is InChI=1S/C22H24O8/c1-11-14(9-28-22(11)24)19(12-5-15(23)20(27-4)16(6-12)25-2)13-7-17(26-3)21-18(8-13)29-10-30-21/h5-8,11,14,19,23H,9-10H2,1-4H3/t11-,14-,19-/m0/s1. The molecule has 0 saturated carbocycles. The van der Waals surface area contributed by atoms with E-state index in [1.807, 2.05) is 19.1 Å². The molecule has 2 heterocycles. The van der Waals surface area contributed by atoms with Gasteiger partial charge in [0.1, 0.15) is 0 Å². The number of carbonyl (C=O) groups excluding carboxylic acids is 1. The van der Waals surface area contributed by atoms with Gasteiger partial charge in [0.05, 0.1) is 33.9 Å². The molecule has 160 valence electrons. The van der Waals surface area contributed by atoms with E-state index in [-0.39, 0.29) is 48.6 Å². The van der Waals surface area contributed by atoms with Crippen molar-refractivity contribution in [3.8, 4) is 34.5 Å². The lowest BCUT2D eigenvalue weighted by Crippen LogP contribution is -2.21. The molecule has 0 unspecified atom stereocenters. The molecule has 2 aromatic rings. The van der Waals surface area contributed by atoms with Gasteiger partial charge in [0.25, 0.3) is 0 Å². The second-order valence-corrected chi connectivity index (χ2v) is 7.29. The summed E-state index contributed by atoms with van der Waals surface area (Å²) in [6.07, 6.45) is 0. The Morgan fingerprint density at radius 1 is 0.967 bits per heavy atom. The number of cyclic esters (lactones) is 1. The van der Waals surface area contributed by atoms with Gasteiger partial charge in [-0.25, -0.2) is 0 Å². The third-order valence-electron chi connectivity index (χ3n) is 5.74. The van der Waals surface area contributed by atoms with Crippen LogP contribution in [-0.2, 0) is 9.53 Å². The maximum Gasteiger partial charge on any atom is 0.309 e. The second-order valence-electron chi connectivity index (χ2n) is 7.29. The summed E-state index contributed by atoms with van der Waals surface area (Å²) in [6, 6.07) is 7.16. The van der Waals surface area contributed by atoms with Gasteiger partial charge in [-0.3, -0.25) is 4.79 Å². The van der Waals surface area contributed by atoms with Crippen LogP contribution in [0.3, 0.4) is 0 Å². The molecule has 2 aromatic carbocycles. The van der Waals surface area contributed by atoms with Crippen LogP contribution in [0.25, 0.3) is 0 Å². The van der Waals surface area contributed by atoms with E-state index in [1.165, 1.54) is 14.2 Å². The van der Waals surface area contributed by atoms with E-state index in [4.69, 9.17) is 28.4 Å². The van der Waals surface area contributed by atoms with E-state index in [0.29, 0.717) is 23.0 Å². The van der Waals surface area contributed by atoms with Gasteiger partial charge < -0.3 is 33.5 Å². The summed E-state index contributed by atoms with van der Waals surface area (Å²) >= 11 is 0. The Balaban J connectivity index is 1.89. The lowest BCUT2D eigenvalue weighted by atomic mass is 9.76. The van der Waals surface area contributed by atoms with Crippen LogP contribution in [-0.4, -0.2) is 45.8 Å². The first-order valence-electron chi connectivity index (χ1n) is 9.57. The van der Waals surface area contributed by atoms with Crippen LogP contribution in [0.1, 0.15) is 24.0 Å². The van der Waals surface area contributed by atoms with Crippen LogP contribution in [0.5, 0.6) is 34.5 Å². The normalized spacial score (nSPS) is 20.6. The fourth-order valence-electron chi connectivity index (χ4n) is 4.17. The number of ether oxygens (including phenoxy) is 6. The molecular formula is C22H24O8. The summed E-state index contributed by atoms with van der Waals surface area (Å²) in [5.41, 5.74) is 1.60. The largest absolute Gasteiger partial charge is 0.504 e. The number of esters is 1. The van der Waals surface area contributed by atoms with E-state index < -0.39 is 0 Å². The van der Waals surface area contributed by atoms with Crippen LogP contribution in [0.4, 0.5) is 0 Å². The third kappa shape index (κ3) is 3.22. The van der Waals surface area contributed by atoms with Crippen molar-refractivity contribution in [2.24, 2.45) is 11.8 Å². The van der Waals surface area contributed by atoms with Gasteiger partial charge in [-0.15, -0.1) is 0 Å². The third-order valence-corrected chi connectivity index (χ3v) is 5.74. The molecule has 2 aliphatic heterocycles. The van der Waals surface area contributed by atoms with E-state index in [0.717, 1.165) is 11.1 Å². The molecule has 8 heteroatoms. The molecule has 0 bridgehead atoms. The Kier molecular flexibility index (Phi) is 5.24. The molecule has 8 nitrogen and oxygen atoms in total. The van der Waals surface area contributed by atoms with Crippen molar-refractivity contribution >= 4 is 5.97 Å². The molecule has 0 aromatic heterocycles. The number of fused-ring (bicyclic) bond motifs is 1. The first-order valence-corrected chi connectivity index (χ1v) is 9.57. The van der Waals surface area contributed by atoms with Crippen LogP contribution in [0.15, 0.2) is 24.3 Å². The first kappa shape index (κ1) is 20.0. The number of rotatable bonds is 6. The lowest BCUT2D eigenvalue weighted by molar-refractivity contribution is -0.140. The van der Waals surface area contributed by atoms with Gasteiger partial charge in [0, 0.05) is 11.8 Å². The number of phenols is 1. The summed E-state index contributed by atoms with van der Waals surface area (Å²) in [5.74, 6) is 1.18. The van der Waals surface area contributed by atoms with Crippen LogP contribution in [0.2, 0.25) is 0 Å². The van der Waals surface area contributed by atoms with Gasteiger partial charge in [-0.1, -0.05) is 6.92 Å². The summed E-state index contributed by atoms with van der Waals surface area (Å²) in [6.45, 7) is 2.22. The van der Waals surface area contributed by atoms with Gasteiger partial charge in [0.2, 0.25) is 18.3 Å². The average Bonchev–Trinajstić information content (AvgIpc) is 3.35. The molecule has 1 saturated heterocycles. The molecule has 0 spiro atoms. The quantitative estimate of drug-likeness (QED) is 0.719. The fourth-order valence-corrected chi connectivity index (χ4v) is 4.17. The Bertz CT molecular complexity index is 970. The highest BCUT2D eigenvalue weighted by Gasteiger charge is 2.41. The molecule has 30 heavy (non-hydrogen) atoms. The number of aromatic hydroxyl groups is 1. The molecule has 0 aliphatic carbocycles. The van der Waals surface area contributed by atoms with E-state index in [9.17, 15) is 9.90 Å². The molecule has 2 aliphatic rings. The zero-order valence-electron chi connectivity index (χ0n) is 17.3. The monoisotopic (exact) mass is 416 g/mol. The SMILES string of the molecule is COc1cc([C@@H](c2cc(OC)c3c(c2)OCO3)[C@H]2COC(=O)[C@H]2C)cc(O)c1OC. The molecule has 0 radical (unpaired) electrons. The maximum absolute atomic E-state index is 12.2. The molecular weight excluding hydrogens is 392 g/mol.